The Morgan fingerprint density at radius 3 is 1.70 bits per heavy atom. The van der Waals surface area contributed by atoms with E-state index in [2.05, 4.69) is 115 Å². The molecule has 3 heteroatoms. The van der Waals surface area contributed by atoms with Gasteiger partial charge in [0.25, 0.3) is 0 Å². The summed E-state index contributed by atoms with van der Waals surface area (Å²) in [6.07, 6.45) is 5.99. The van der Waals surface area contributed by atoms with E-state index in [9.17, 15) is 4.79 Å². The average molecular weight is 505 g/mol. The van der Waals surface area contributed by atoms with Crippen LogP contribution in [0.4, 0.5) is 0 Å². The molecule has 0 aliphatic carbocycles. The van der Waals surface area contributed by atoms with Crippen molar-refractivity contribution in [2.75, 3.05) is 13.1 Å². The van der Waals surface area contributed by atoms with Crippen molar-refractivity contribution in [3.63, 3.8) is 0 Å². The first kappa shape index (κ1) is 29.4. The van der Waals surface area contributed by atoms with Crippen LogP contribution in [0.25, 0.3) is 0 Å². The summed E-state index contributed by atoms with van der Waals surface area (Å²) in [7, 11) is 0. The largest absolute Gasteiger partial charge is 0.356 e. The molecule has 1 saturated heterocycles. The van der Waals surface area contributed by atoms with Gasteiger partial charge in [-0.2, -0.15) is 0 Å². The normalized spacial score (nSPS) is 18.7. The molecular weight excluding hydrogens is 452 g/mol. The molecule has 2 aromatic rings. The van der Waals surface area contributed by atoms with Gasteiger partial charge in [0.15, 0.2) is 0 Å². The Labute approximate surface area is 227 Å². The Bertz CT molecular complexity index is 944. The van der Waals surface area contributed by atoms with Crippen LogP contribution < -0.4 is 10.6 Å². The van der Waals surface area contributed by atoms with Crippen LogP contribution in [-0.4, -0.2) is 25.0 Å². The lowest BCUT2D eigenvalue weighted by Crippen LogP contribution is -2.44. The molecule has 1 amide bonds. The van der Waals surface area contributed by atoms with Crippen molar-refractivity contribution in [1.82, 2.24) is 10.6 Å². The number of benzene rings is 2. The fraction of sp³-hybridized carbons (Fsp3) is 0.618. The van der Waals surface area contributed by atoms with Crippen molar-refractivity contribution in [3.8, 4) is 0 Å². The van der Waals surface area contributed by atoms with Crippen LogP contribution in [0.1, 0.15) is 116 Å². The zero-order valence-corrected chi connectivity index (χ0v) is 24.8. The number of unbranched alkanes of at least 4 members (excludes halogenated alkanes) is 1. The lowest BCUT2D eigenvalue weighted by Gasteiger charge is -2.38. The molecule has 204 valence electrons. The zero-order chi connectivity index (χ0) is 27.3. The number of carbonyl (C=O) groups excluding carboxylic acids is 1. The van der Waals surface area contributed by atoms with Crippen LogP contribution in [-0.2, 0) is 21.0 Å². The summed E-state index contributed by atoms with van der Waals surface area (Å²) in [5.74, 6) is 0.558. The Morgan fingerprint density at radius 2 is 1.27 bits per heavy atom. The molecule has 2 aromatic carbocycles. The molecule has 3 nitrogen and oxygen atoms in total. The van der Waals surface area contributed by atoms with Crippen LogP contribution >= 0.6 is 0 Å². The SMILES string of the molecule is CCCCNC(=O)CC1CNC(C(C)(c2ccc(C(C)(C)CC)cc2)c2ccc(C(C)(C)CC)cc2)C1. The number of amides is 1. The average Bonchev–Trinajstić information content (AvgIpc) is 3.37. The first-order chi connectivity index (χ1) is 17.5. The molecule has 2 atom stereocenters. The van der Waals surface area contributed by atoms with Crippen molar-refractivity contribution >= 4 is 5.91 Å². The van der Waals surface area contributed by atoms with Crippen LogP contribution in [0.2, 0.25) is 0 Å². The van der Waals surface area contributed by atoms with E-state index >= 15 is 0 Å². The minimum atomic E-state index is -0.183. The summed E-state index contributed by atoms with van der Waals surface area (Å²) >= 11 is 0. The van der Waals surface area contributed by atoms with E-state index < -0.39 is 0 Å². The van der Waals surface area contributed by atoms with Crippen LogP contribution in [0.15, 0.2) is 48.5 Å². The topological polar surface area (TPSA) is 41.1 Å². The minimum Gasteiger partial charge on any atom is -0.356 e. The Balaban J connectivity index is 1.92. The van der Waals surface area contributed by atoms with Crippen molar-refractivity contribution in [2.45, 2.75) is 116 Å². The van der Waals surface area contributed by atoms with E-state index in [4.69, 9.17) is 0 Å². The van der Waals surface area contributed by atoms with Crippen molar-refractivity contribution in [2.24, 2.45) is 5.92 Å². The highest BCUT2D eigenvalue weighted by molar-refractivity contribution is 5.76. The third kappa shape index (κ3) is 6.66. The van der Waals surface area contributed by atoms with E-state index in [-0.39, 0.29) is 28.2 Å². The predicted molar refractivity (Wildman–Crippen MR) is 158 cm³/mol. The molecule has 0 aromatic heterocycles. The maximum atomic E-state index is 12.6. The van der Waals surface area contributed by atoms with Gasteiger partial charge in [-0.15, -0.1) is 0 Å². The standard InChI is InChI=1S/C34H52N2O/c1-9-12-21-35-31(37)23-25-22-30(36-24-25)34(8,28-17-13-26(14-18-28)32(4,5)10-2)29-19-15-27(16-20-29)33(6,7)11-3/h13-20,25,30,36H,9-12,21-24H2,1-8H3,(H,35,37). The minimum absolute atomic E-state index is 0.171. The zero-order valence-electron chi connectivity index (χ0n) is 24.8. The molecule has 0 bridgehead atoms. The second kappa shape index (κ2) is 12.2. The van der Waals surface area contributed by atoms with Crippen molar-refractivity contribution in [1.29, 1.82) is 0 Å². The summed E-state index contributed by atoms with van der Waals surface area (Å²) in [4.78, 5) is 12.6. The van der Waals surface area contributed by atoms with E-state index in [1.807, 2.05) is 0 Å². The van der Waals surface area contributed by atoms with Crippen LogP contribution in [0.3, 0.4) is 0 Å². The number of nitrogens with one attached hydrogen (secondary N) is 2. The molecule has 2 N–H and O–H groups in total. The third-order valence-electron chi connectivity index (χ3n) is 9.55. The summed E-state index contributed by atoms with van der Waals surface area (Å²) < 4.78 is 0. The first-order valence-electron chi connectivity index (χ1n) is 14.7. The molecule has 1 aliphatic rings. The number of hydrogen-bond donors (Lipinski definition) is 2. The molecule has 37 heavy (non-hydrogen) atoms. The fourth-order valence-corrected chi connectivity index (χ4v) is 5.66. The van der Waals surface area contributed by atoms with Gasteiger partial charge in [0, 0.05) is 24.4 Å². The summed E-state index contributed by atoms with van der Waals surface area (Å²) in [5.41, 5.74) is 5.63. The van der Waals surface area contributed by atoms with Gasteiger partial charge in [-0.05, 0) is 78.2 Å². The van der Waals surface area contributed by atoms with E-state index in [1.54, 1.807) is 0 Å². The molecule has 0 radical (unpaired) electrons. The molecule has 3 rings (SSSR count). The highest BCUT2D eigenvalue weighted by atomic mass is 16.1. The maximum Gasteiger partial charge on any atom is 0.220 e. The highest BCUT2D eigenvalue weighted by Crippen LogP contribution is 2.42. The van der Waals surface area contributed by atoms with Crippen LogP contribution in [0.5, 0.6) is 0 Å². The predicted octanol–water partition coefficient (Wildman–Crippen LogP) is 7.65. The fourth-order valence-electron chi connectivity index (χ4n) is 5.66. The summed E-state index contributed by atoms with van der Waals surface area (Å²) in [5, 5.41) is 6.96. The van der Waals surface area contributed by atoms with E-state index in [0.717, 1.165) is 45.2 Å². The molecule has 1 fully saturated rings. The van der Waals surface area contributed by atoms with Gasteiger partial charge in [0.1, 0.15) is 0 Å². The van der Waals surface area contributed by atoms with Gasteiger partial charge >= 0.3 is 0 Å². The Kier molecular flexibility index (Phi) is 9.67. The second-order valence-corrected chi connectivity index (χ2v) is 12.8. The maximum absolute atomic E-state index is 12.6. The number of rotatable bonds is 12. The molecule has 2 unspecified atom stereocenters. The smallest absolute Gasteiger partial charge is 0.220 e. The summed E-state index contributed by atoms with van der Waals surface area (Å²) in [6, 6.07) is 19.0. The molecule has 0 saturated carbocycles. The highest BCUT2D eigenvalue weighted by Gasteiger charge is 2.42. The third-order valence-corrected chi connectivity index (χ3v) is 9.55. The first-order valence-corrected chi connectivity index (χ1v) is 14.7. The lowest BCUT2D eigenvalue weighted by molar-refractivity contribution is -0.121. The molecule has 0 spiro atoms. The van der Waals surface area contributed by atoms with Crippen molar-refractivity contribution in [3.05, 3.63) is 70.8 Å². The van der Waals surface area contributed by atoms with Crippen molar-refractivity contribution < 1.29 is 4.79 Å². The summed E-state index contributed by atoms with van der Waals surface area (Å²) in [6.45, 7) is 20.1. The second-order valence-electron chi connectivity index (χ2n) is 12.8. The van der Waals surface area contributed by atoms with Gasteiger partial charge in [-0.3, -0.25) is 4.79 Å². The number of carbonyl (C=O) groups is 1. The van der Waals surface area contributed by atoms with Crippen LogP contribution in [0, 0.1) is 5.92 Å². The van der Waals surface area contributed by atoms with Gasteiger partial charge in [0.2, 0.25) is 5.91 Å². The van der Waals surface area contributed by atoms with Gasteiger partial charge < -0.3 is 10.6 Å². The quantitative estimate of drug-likeness (QED) is 0.291. The molecular formula is C34H52N2O. The van der Waals surface area contributed by atoms with E-state index in [1.165, 1.54) is 22.3 Å². The van der Waals surface area contributed by atoms with Gasteiger partial charge in [-0.1, -0.05) is 103 Å². The molecule has 1 aliphatic heterocycles. The Hall–Kier alpha value is -2.13. The van der Waals surface area contributed by atoms with E-state index in [0.29, 0.717) is 12.3 Å². The number of hydrogen-bond acceptors (Lipinski definition) is 2. The monoisotopic (exact) mass is 504 g/mol. The lowest BCUT2D eigenvalue weighted by atomic mass is 9.68. The molecule has 1 heterocycles. The van der Waals surface area contributed by atoms with Gasteiger partial charge in [0.05, 0.1) is 0 Å². The Morgan fingerprint density at radius 1 is 0.811 bits per heavy atom. The van der Waals surface area contributed by atoms with Gasteiger partial charge in [-0.25, -0.2) is 0 Å².